The Labute approximate surface area is 223 Å². The Morgan fingerprint density at radius 3 is 2.32 bits per heavy atom. The van der Waals surface area contributed by atoms with Crippen molar-refractivity contribution in [2.45, 2.75) is 50.6 Å². The average Bonchev–Trinajstić information content (AvgIpc) is 3.50. The van der Waals surface area contributed by atoms with Gasteiger partial charge < -0.3 is 28.8 Å². The van der Waals surface area contributed by atoms with Crippen molar-refractivity contribution in [1.29, 1.82) is 0 Å². The van der Waals surface area contributed by atoms with E-state index < -0.39 is 6.04 Å². The molecule has 8 heteroatoms. The van der Waals surface area contributed by atoms with Crippen LogP contribution in [-0.2, 0) is 11.2 Å². The van der Waals surface area contributed by atoms with E-state index in [1.165, 1.54) is 12.7 Å². The number of carbonyl (C=O) groups excluding carboxylic acids is 2. The van der Waals surface area contributed by atoms with Crippen molar-refractivity contribution in [3.63, 3.8) is 0 Å². The summed E-state index contributed by atoms with van der Waals surface area (Å²) in [6.07, 6.45) is 7.21. The normalized spacial score (nSPS) is 14.4. The van der Waals surface area contributed by atoms with Gasteiger partial charge in [0.1, 0.15) is 11.8 Å². The number of carbonyl (C=O) groups is 2. The van der Waals surface area contributed by atoms with Crippen LogP contribution < -0.4 is 19.5 Å². The van der Waals surface area contributed by atoms with E-state index in [2.05, 4.69) is 5.32 Å². The van der Waals surface area contributed by atoms with Gasteiger partial charge in [0.2, 0.25) is 5.91 Å². The lowest BCUT2D eigenvalue weighted by atomic mass is 9.94. The van der Waals surface area contributed by atoms with Crippen LogP contribution >= 0.6 is 0 Å². The van der Waals surface area contributed by atoms with Gasteiger partial charge in [-0.1, -0.05) is 37.5 Å². The quantitative estimate of drug-likeness (QED) is 0.375. The number of hydrogen-bond acceptors (Lipinski definition) is 6. The molecule has 1 aromatic heterocycles. The zero-order chi connectivity index (χ0) is 26.9. The van der Waals surface area contributed by atoms with E-state index in [1.807, 2.05) is 30.3 Å². The minimum absolute atomic E-state index is 0.100. The van der Waals surface area contributed by atoms with Crippen LogP contribution in [0.3, 0.4) is 0 Å². The Morgan fingerprint density at radius 1 is 0.947 bits per heavy atom. The molecule has 2 amide bonds. The molecule has 1 heterocycles. The minimum Gasteiger partial charge on any atom is -0.497 e. The first kappa shape index (κ1) is 27.1. The Kier molecular flexibility index (Phi) is 9.30. The number of nitrogens with zero attached hydrogens (tertiary/aromatic N) is 1. The van der Waals surface area contributed by atoms with Gasteiger partial charge in [-0.15, -0.1) is 0 Å². The van der Waals surface area contributed by atoms with Crippen LogP contribution in [0.2, 0.25) is 0 Å². The topological polar surface area (TPSA) is 90.2 Å². The fraction of sp³-hybridized carbons (Fsp3) is 0.400. The van der Waals surface area contributed by atoms with Crippen LogP contribution in [0.15, 0.2) is 65.3 Å². The van der Waals surface area contributed by atoms with Crippen LogP contribution in [0.4, 0.5) is 0 Å². The van der Waals surface area contributed by atoms with Crippen molar-refractivity contribution >= 4 is 11.8 Å². The molecule has 1 aliphatic rings. The Morgan fingerprint density at radius 2 is 1.68 bits per heavy atom. The van der Waals surface area contributed by atoms with Crippen molar-refractivity contribution in [2.75, 3.05) is 27.9 Å². The van der Waals surface area contributed by atoms with E-state index >= 15 is 0 Å². The van der Waals surface area contributed by atoms with Gasteiger partial charge in [-0.3, -0.25) is 9.59 Å². The summed E-state index contributed by atoms with van der Waals surface area (Å²) in [5, 5.41) is 3.23. The predicted octanol–water partition coefficient (Wildman–Crippen LogP) is 5.18. The van der Waals surface area contributed by atoms with Crippen molar-refractivity contribution in [3.8, 4) is 17.2 Å². The largest absolute Gasteiger partial charge is 0.497 e. The van der Waals surface area contributed by atoms with E-state index in [-0.39, 0.29) is 30.2 Å². The third kappa shape index (κ3) is 6.49. The Bertz CT molecular complexity index is 1190. The molecule has 1 N–H and O–H groups in total. The number of hydrogen-bond donors (Lipinski definition) is 1. The van der Waals surface area contributed by atoms with Crippen molar-refractivity contribution < 1.29 is 28.2 Å². The van der Waals surface area contributed by atoms with Gasteiger partial charge in [0.25, 0.3) is 5.91 Å². The molecular formula is C30H36N2O6. The first-order chi connectivity index (χ1) is 18.5. The lowest BCUT2D eigenvalue weighted by Gasteiger charge is -2.33. The average molecular weight is 521 g/mol. The maximum absolute atomic E-state index is 13.9. The molecule has 0 spiro atoms. The zero-order valence-electron chi connectivity index (χ0n) is 22.3. The summed E-state index contributed by atoms with van der Waals surface area (Å²) in [5.41, 5.74) is 1.65. The smallest absolute Gasteiger partial charge is 0.290 e. The third-order valence-corrected chi connectivity index (χ3v) is 7.03. The number of ether oxygens (including phenoxy) is 3. The monoisotopic (exact) mass is 520 g/mol. The van der Waals surface area contributed by atoms with Crippen LogP contribution in [-0.4, -0.2) is 50.6 Å². The van der Waals surface area contributed by atoms with Crippen molar-refractivity contribution in [2.24, 2.45) is 0 Å². The molecule has 1 aliphatic carbocycles. The molecule has 3 aromatic rings. The summed E-state index contributed by atoms with van der Waals surface area (Å²) in [6, 6.07) is 15.5. The molecule has 1 saturated carbocycles. The molecule has 1 atom stereocenters. The highest BCUT2D eigenvalue weighted by Gasteiger charge is 2.34. The number of furan rings is 1. The molecule has 1 fully saturated rings. The second kappa shape index (κ2) is 13.0. The first-order valence-electron chi connectivity index (χ1n) is 13.0. The number of nitrogens with one attached hydrogen (secondary N) is 1. The number of benzene rings is 2. The highest BCUT2D eigenvalue weighted by Crippen LogP contribution is 2.30. The summed E-state index contributed by atoms with van der Waals surface area (Å²) in [6.45, 7) is 0.282. The second-order valence-electron chi connectivity index (χ2n) is 9.43. The molecule has 38 heavy (non-hydrogen) atoms. The van der Waals surface area contributed by atoms with Gasteiger partial charge in [0.15, 0.2) is 17.3 Å². The molecule has 202 valence electrons. The number of rotatable bonds is 11. The van der Waals surface area contributed by atoms with E-state index in [4.69, 9.17) is 18.6 Å². The van der Waals surface area contributed by atoms with E-state index in [1.54, 1.807) is 50.5 Å². The van der Waals surface area contributed by atoms with Crippen LogP contribution in [0.25, 0.3) is 0 Å². The molecule has 2 aromatic carbocycles. The van der Waals surface area contributed by atoms with Gasteiger partial charge in [-0.05, 0) is 66.8 Å². The summed E-state index contributed by atoms with van der Waals surface area (Å²) in [5.74, 6) is 1.54. The SMILES string of the molecule is COc1ccc([C@H](C(=O)NC2CCCCC2)N(CCc2ccc(OC)c(OC)c2)C(=O)c2ccco2)cc1. The van der Waals surface area contributed by atoms with Gasteiger partial charge in [-0.25, -0.2) is 0 Å². The number of methoxy groups -OCH3 is 3. The summed E-state index contributed by atoms with van der Waals surface area (Å²) in [7, 11) is 4.77. The number of amides is 2. The fourth-order valence-electron chi connectivity index (χ4n) is 4.96. The lowest BCUT2D eigenvalue weighted by Crippen LogP contribution is -2.47. The maximum atomic E-state index is 13.9. The van der Waals surface area contributed by atoms with E-state index in [9.17, 15) is 9.59 Å². The first-order valence-corrected chi connectivity index (χ1v) is 13.0. The van der Waals surface area contributed by atoms with Gasteiger partial charge in [0, 0.05) is 12.6 Å². The summed E-state index contributed by atoms with van der Waals surface area (Å²) < 4.78 is 21.6. The van der Waals surface area contributed by atoms with E-state index in [0.717, 1.165) is 31.2 Å². The lowest BCUT2D eigenvalue weighted by molar-refractivity contribution is -0.126. The third-order valence-electron chi connectivity index (χ3n) is 7.03. The van der Waals surface area contributed by atoms with Gasteiger partial charge >= 0.3 is 0 Å². The molecule has 0 aliphatic heterocycles. The summed E-state index contributed by atoms with van der Waals surface area (Å²) in [4.78, 5) is 29.2. The molecule has 4 rings (SSSR count). The summed E-state index contributed by atoms with van der Waals surface area (Å²) >= 11 is 0. The van der Waals surface area contributed by atoms with Crippen LogP contribution in [0.5, 0.6) is 17.2 Å². The Hall–Kier alpha value is -3.94. The molecule has 8 nitrogen and oxygen atoms in total. The second-order valence-corrected chi connectivity index (χ2v) is 9.43. The fourth-order valence-corrected chi connectivity index (χ4v) is 4.96. The van der Waals surface area contributed by atoms with Gasteiger partial charge in [-0.2, -0.15) is 0 Å². The highest BCUT2D eigenvalue weighted by molar-refractivity contribution is 5.96. The molecule has 0 saturated heterocycles. The minimum atomic E-state index is -0.847. The van der Waals surface area contributed by atoms with Crippen molar-refractivity contribution in [1.82, 2.24) is 10.2 Å². The zero-order valence-corrected chi connectivity index (χ0v) is 22.3. The molecule has 0 bridgehead atoms. The molecule has 0 radical (unpaired) electrons. The molecular weight excluding hydrogens is 484 g/mol. The standard InChI is InChI=1S/C30H36N2O6/c1-35-24-14-12-22(13-15-24)28(29(33)31-23-8-5-4-6-9-23)32(30(34)26-10-7-19-38-26)18-17-21-11-16-25(36-2)27(20-21)37-3/h7,10-16,19-20,23,28H,4-6,8-9,17-18H2,1-3H3,(H,31,33)/t28-/m1/s1. The Balaban J connectivity index is 1.67. The molecule has 0 unspecified atom stereocenters. The van der Waals surface area contributed by atoms with Crippen LogP contribution in [0.1, 0.15) is 59.8 Å². The van der Waals surface area contributed by atoms with Crippen LogP contribution in [0, 0.1) is 0 Å². The predicted molar refractivity (Wildman–Crippen MR) is 144 cm³/mol. The van der Waals surface area contributed by atoms with Gasteiger partial charge in [0.05, 0.1) is 27.6 Å². The maximum Gasteiger partial charge on any atom is 0.290 e. The van der Waals surface area contributed by atoms with E-state index in [0.29, 0.717) is 29.2 Å². The highest BCUT2D eigenvalue weighted by atomic mass is 16.5. The van der Waals surface area contributed by atoms with Crippen molar-refractivity contribution in [3.05, 3.63) is 77.7 Å².